The number of benzene rings is 2. The van der Waals surface area contributed by atoms with Crippen LogP contribution in [0.15, 0.2) is 53.6 Å². The predicted molar refractivity (Wildman–Crippen MR) is 102 cm³/mol. The van der Waals surface area contributed by atoms with E-state index in [1.807, 2.05) is 18.3 Å². The molecule has 0 bridgehead atoms. The molecule has 1 amide bonds. The number of para-hydroxylation sites is 1. The number of aromatic amines is 1. The summed E-state index contributed by atoms with van der Waals surface area (Å²) in [6.07, 6.45) is 2.87. The topological polar surface area (TPSA) is 44.9 Å². The fourth-order valence-electron chi connectivity index (χ4n) is 2.68. The van der Waals surface area contributed by atoms with Crippen molar-refractivity contribution in [3.63, 3.8) is 0 Å². The molecule has 3 aromatic rings. The van der Waals surface area contributed by atoms with Crippen LogP contribution in [-0.4, -0.2) is 23.2 Å². The molecule has 0 radical (unpaired) electrons. The highest BCUT2D eigenvalue weighted by molar-refractivity contribution is 8.00. The van der Waals surface area contributed by atoms with E-state index < -0.39 is 0 Å². The Morgan fingerprint density at radius 1 is 1.12 bits per heavy atom. The molecule has 0 fully saturated rings. The lowest BCUT2D eigenvalue weighted by atomic mass is 10.1. The van der Waals surface area contributed by atoms with Crippen LogP contribution in [0, 0.1) is 13.8 Å². The number of thioether (sulfide) groups is 1. The van der Waals surface area contributed by atoms with E-state index in [0.29, 0.717) is 12.3 Å². The predicted octanol–water partition coefficient (Wildman–Crippen LogP) is 4.24. The van der Waals surface area contributed by atoms with Gasteiger partial charge in [0.05, 0.1) is 5.75 Å². The van der Waals surface area contributed by atoms with Crippen molar-refractivity contribution >= 4 is 28.6 Å². The molecule has 2 aromatic carbocycles. The molecule has 3 rings (SSSR count). The van der Waals surface area contributed by atoms with Gasteiger partial charge in [0, 0.05) is 28.5 Å². The average Bonchev–Trinajstić information content (AvgIpc) is 2.99. The van der Waals surface area contributed by atoms with Gasteiger partial charge < -0.3 is 10.3 Å². The molecule has 124 valence electrons. The average molecular weight is 338 g/mol. The molecule has 0 saturated heterocycles. The van der Waals surface area contributed by atoms with Crippen LogP contribution in [0.3, 0.4) is 0 Å². The lowest BCUT2D eigenvalue weighted by molar-refractivity contribution is -0.118. The van der Waals surface area contributed by atoms with E-state index in [-0.39, 0.29) is 5.91 Å². The minimum atomic E-state index is 0.0815. The first kappa shape index (κ1) is 16.7. The van der Waals surface area contributed by atoms with Crippen LogP contribution in [0.4, 0.5) is 0 Å². The van der Waals surface area contributed by atoms with Gasteiger partial charge in [-0.2, -0.15) is 0 Å². The molecule has 0 unspecified atom stereocenters. The van der Waals surface area contributed by atoms with Crippen molar-refractivity contribution in [2.45, 2.75) is 25.2 Å². The summed E-state index contributed by atoms with van der Waals surface area (Å²) < 4.78 is 0. The van der Waals surface area contributed by atoms with Crippen LogP contribution in [0.5, 0.6) is 0 Å². The van der Waals surface area contributed by atoms with Gasteiger partial charge in [-0.15, -0.1) is 11.8 Å². The fraction of sp³-hybridized carbons (Fsp3) is 0.250. The normalized spacial score (nSPS) is 10.9. The van der Waals surface area contributed by atoms with E-state index in [2.05, 4.69) is 54.5 Å². The maximum Gasteiger partial charge on any atom is 0.230 e. The molecule has 1 aromatic heterocycles. The summed E-state index contributed by atoms with van der Waals surface area (Å²) in [5, 5.41) is 4.24. The summed E-state index contributed by atoms with van der Waals surface area (Å²) in [6.45, 7) is 4.86. The molecule has 2 N–H and O–H groups in total. The quantitative estimate of drug-likeness (QED) is 0.661. The highest BCUT2D eigenvalue weighted by Crippen LogP contribution is 2.21. The second-order valence-corrected chi connectivity index (χ2v) is 7.04. The Morgan fingerprint density at radius 2 is 1.96 bits per heavy atom. The van der Waals surface area contributed by atoms with Crippen LogP contribution in [0.25, 0.3) is 10.9 Å². The van der Waals surface area contributed by atoms with E-state index in [9.17, 15) is 4.79 Å². The molecule has 0 saturated carbocycles. The zero-order valence-electron chi connectivity index (χ0n) is 14.1. The molecule has 4 heteroatoms. The number of carbonyl (C=O) groups is 1. The van der Waals surface area contributed by atoms with Crippen molar-refractivity contribution in [2.24, 2.45) is 0 Å². The number of H-pyrrole nitrogens is 1. The number of hydrogen-bond acceptors (Lipinski definition) is 2. The van der Waals surface area contributed by atoms with Crippen molar-refractivity contribution in [3.8, 4) is 0 Å². The third kappa shape index (κ3) is 4.01. The Kier molecular flexibility index (Phi) is 5.26. The van der Waals surface area contributed by atoms with Gasteiger partial charge >= 0.3 is 0 Å². The minimum Gasteiger partial charge on any atom is -0.361 e. The summed E-state index contributed by atoms with van der Waals surface area (Å²) in [7, 11) is 0. The van der Waals surface area contributed by atoms with E-state index in [1.165, 1.54) is 22.1 Å². The van der Waals surface area contributed by atoms with Gasteiger partial charge in [-0.1, -0.05) is 24.3 Å². The Bertz CT molecular complexity index is 854. The van der Waals surface area contributed by atoms with Gasteiger partial charge in [0.1, 0.15) is 0 Å². The maximum atomic E-state index is 12.0. The van der Waals surface area contributed by atoms with Gasteiger partial charge in [-0.3, -0.25) is 4.79 Å². The van der Waals surface area contributed by atoms with E-state index in [4.69, 9.17) is 0 Å². The molecule has 0 spiro atoms. The van der Waals surface area contributed by atoms with Gasteiger partial charge in [0.15, 0.2) is 0 Å². The van der Waals surface area contributed by atoms with E-state index in [1.54, 1.807) is 11.8 Å². The second kappa shape index (κ2) is 7.58. The van der Waals surface area contributed by atoms with Crippen LogP contribution < -0.4 is 5.32 Å². The molecular weight excluding hydrogens is 316 g/mol. The summed E-state index contributed by atoms with van der Waals surface area (Å²) >= 11 is 1.58. The van der Waals surface area contributed by atoms with E-state index >= 15 is 0 Å². The number of rotatable bonds is 6. The summed E-state index contributed by atoms with van der Waals surface area (Å²) in [6, 6.07) is 14.6. The maximum absolute atomic E-state index is 12.0. The van der Waals surface area contributed by atoms with Gasteiger partial charge in [-0.05, 0) is 55.2 Å². The van der Waals surface area contributed by atoms with Gasteiger partial charge in [-0.25, -0.2) is 0 Å². The highest BCUT2D eigenvalue weighted by Gasteiger charge is 2.06. The number of aryl methyl sites for hydroxylation is 2. The van der Waals surface area contributed by atoms with Crippen molar-refractivity contribution in [3.05, 3.63) is 65.4 Å². The lowest BCUT2D eigenvalue weighted by Crippen LogP contribution is -2.27. The molecule has 3 nitrogen and oxygen atoms in total. The third-order valence-electron chi connectivity index (χ3n) is 4.24. The van der Waals surface area contributed by atoms with Crippen LogP contribution >= 0.6 is 11.8 Å². The summed E-state index contributed by atoms with van der Waals surface area (Å²) in [5.41, 5.74) is 4.93. The number of carbonyl (C=O) groups excluding carboxylic acids is 1. The first-order valence-corrected chi connectivity index (χ1v) is 9.14. The second-order valence-electron chi connectivity index (χ2n) is 5.99. The van der Waals surface area contributed by atoms with Gasteiger partial charge in [0.2, 0.25) is 5.91 Å². The first-order valence-electron chi connectivity index (χ1n) is 8.15. The number of hydrogen-bond donors (Lipinski definition) is 2. The first-order chi connectivity index (χ1) is 11.6. The summed E-state index contributed by atoms with van der Waals surface area (Å²) in [5.74, 6) is 0.536. The molecule has 24 heavy (non-hydrogen) atoms. The monoisotopic (exact) mass is 338 g/mol. The molecule has 0 atom stereocenters. The molecule has 1 heterocycles. The number of nitrogens with one attached hydrogen (secondary N) is 2. The number of amides is 1. The third-order valence-corrected chi connectivity index (χ3v) is 5.23. The largest absolute Gasteiger partial charge is 0.361 e. The van der Waals surface area contributed by atoms with Crippen molar-refractivity contribution in [2.75, 3.05) is 12.3 Å². The highest BCUT2D eigenvalue weighted by atomic mass is 32.2. The standard InChI is InChI=1S/C20H22N2OS/c1-14-7-8-17(11-15(14)2)24-13-20(23)21-10-9-16-12-22-19-6-4-3-5-18(16)19/h3-8,11-12,22H,9-10,13H2,1-2H3,(H,21,23). The van der Waals surface area contributed by atoms with Crippen molar-refractivity contribution in [1.29, 1.82) is 0 Å². The SMILES string of the molecule is Cc1ccc(SCC(=O)NCCc2c[nH]c3ccccc23)cc1C. The van der Waals surface area contributed by atoms with Crippen LogP contribution in [-0.2, 0) is 11.2 Å². The molecule has 0 aliphatic heterocycles. The Labute approximate surface area is 146 Å². The Hall–Kier alpha value is -2.20. The van der Waals surface area contributed by atoms with Crippen molar-refractivity contribution in [1.82, 2.24) is 10.3 Å². The summed E-state index contributed by atoms with van der Waals surface area (Å²) in [4.78, 5) is 16.4. The Morgan fingerprint density at radius 3 is 2.79 bits per heavy atom. The minimum absolute atomic E-state index is 0.0815. The van der Waals surface area contributed by atoms with Crippen LogP contribution in [0.2, 0.25) is 0 Å². The van der Waals surface area contributed by atoms with Gasteiger partial charge in [0.25, 0.3) is 0 Å². The van der Waals surface area contributed by atoms with E-state index in [0.717, 1.165) is 16.8 Å². The van der Waals surface area contributed by atoms with Crippen molar-refractivity contribution < 1.29 is 4.79 Å². The Balaban J connectivity index is 1.46. The lowest BCUT2D eigenvalue weighted by Gasteiger charge is -2.06. The zero-order chi connectivity index (χ0) is 16.9. The smallest absolute Gasteiger partial charge is 0.230 e. The zero-order valence-corrected chi connectivity index (χ0v) is 14.9. The fourth-order valence-corrected chi connectivity index (χ4v) is 3.50. The molecular formula is C20H22N2OS. The number of fused-ring (bicyclic) bond motifs is 1. The molecule has 0 aliphatic carbocycles. The molecule has 0 aliphatic rings. The number of aromatic nitrogens is 1. The van der Waals surface area contributed by atoms with Crippen LogP contribution in [0.1, 0.15) is 16.7 Å².